The summed E-state index contributed by atoms with van der Waals surface area (Å²) in [5.74, 6) is 4.55. The Balaban J connectivity index is 1.78. The Morgan fingerprint density at radius 3 is 2.40 bits per heavy atom. The molecule has 1 aliphatic carbocycles. The molecule has 0 amide bonds. The zero-order chi connectivity index (χ0) is 10.4. The predicted octanol–water partition coefficient (Wildman–Crippen LogP) is 2.87. The zero-order valence-electron chi connectivity index (χ0n) is 9.49. The maximum Gasteiger partial charge on any atom is 0.108 e. The van der Waals surface area contributed by atoms with Crippen LogP contribution in [0.25, 0.3) is 0 Å². The Morgan fingerprint density at radius 2 is 1.87 bits per heavy atom. The molecule has 4 unspecified atom stereocenters. The first-order valence-electron chi connectivity index (χ1n) is 6.08. The highest BCUT2D eigenvalue weighted by Crippen LogP contribution is 2.48. The van der Waals surface area contributed by atoms with Crippen molar-refractivity contribution in [2.45, 2.75) is 44.6 Å². The summed E-state index contributed by atoms with van der Waals surface area (Å²) in [4.78, 5) is 0. The SMILES string of the molecule is CC1CC1c1ccc(C2CCNC2C)o1. The molecule has 1 saturated heterocycles. The normalized spacial score (nSPS) is 39.6. The van der Waals surface area contributed by atoms with Crippen LogP contribution in [0.4, 0.5) is 0 Å². The highest BCUT2D eigenvalue weighted by Gasteiger charge is 2.37. The van der Waals surface area contributed by atoms with Crippen LogP contribution in [-0.2, 0) is 0 Å². The van der Waals surface area contributed by atoms with Gasteiger partial charge in [0.15, 0.2) is 0 Å². The van der Waals surface area contributed by atoms with Gasteiger partial charge in [0.25, 0.3) is 0 Å². The van der Waals surface area contributed by atoms with Crippen LogP contribution in [0.3, 0.4) is 0 Å². The highest BCUT2D eigenvalue weighted by molar-refractivity contribution is 5.21. The van der Waals surface area contributed by atoms with Crippen molar-refractivity contribution < 1.29 is 4.42 Å². The Labute approximate surface area is 91.0 Å². The third-order valence-electron chi connectivity index (χ3n) is 4.01. The van der Waals surface area contributed by atoms with Crippen molar-refractivity contribution in [1.29, 1.82) is 0 Å². The van der Waals surface area contributed by atoms with Crippen molar-refractivity contribution in [3.63, 3.8) is 0 Å². The van der Waals surface area contributed by atoms with Gasteiger partial charge in [-0.25, -0.2) is 0 Å². The summed E-state index contributed by atoms with van der Waals surface area (Å²) in [5, 5.41) is 3.47. The Morgan fingerprint density at radius 1 is 1.20 bits per heavy atom. The largest absolute Gasteiger partial charge is 0.465 e. The Hall–Kier alpha value is -0.760. The maximum absolute atomic E-state index is 5.99. The molecule has 0 spiro atoms. The van der Waals surface area contributed by atoms with E-state index in [9.17, 15) is 0 Å². The summed E-state index contributed by atoms with van der Waals surface area (Å²) in [6.07, 6.45) is 2.53. The molecule has 2 fully saturated rings. The summed E-state index contributed by atoms with van der Waals surface area (Å²) in [7, 11) is 0. The van der Waals surface area contributed by atoms with Crippen LogP contribution in [0.1, 0.15) is 50.0 Å². The highest BCUT2D eigenvalue weighted by atomic mass is 16.3. The lowest BCUT2D eigenvalue weighted by Crippen LogP contribution is -2.21. The van der Waals surface area contributed by atoms with E-state index in [1.54, 1.807) is 0 Å². The fraction of sp³-hybridized carbons (Fsp3) is 0.692. The molecule has 2 aliphatic rings. The molecule has 2 heteroatoms. The molecular formula is C13H19NO. The van der Waals surface area contributed by atoms with Crippen LogP contribution in [0.15, 0.2) is 16.5 Å². The van der Waals surface area contributed by atoms with Gasteiger partial charge in [-0.15, -0.1) is 0 Å². The van der Waals surface area contributed by atoms with E-state index < -0.39 is 0 Å². The lowest BCUT2D eigenvalue weighted by Gasteiger charge is -2.11. The third kappa shape index (κ3) is 1.61. The van der Waals surface area contributed by atoms with Gasteiger partial charge in [0.1, 0.15) is 11.5 Å². The van der Waals surface area contributed by atoms with Crippen molar-refractivity contribution in [1.82, 2.24) is 5.32 Å². The smallest absolute Gasteiger partial charge is 0.108 e. The van der Waals surface area contributed by atoms with Crippen LogP contribution < -0.4 is 5.32 Å². The quantitative estimate of drug-likeness (QED) is 0.803. The van der Waals surface area contributed by atoms with Crippen LogP contribution >= 0.6 is 0 Å². The van der Waals surface area contributed by atoms with Crippen molar-refractivity contribution in [2.24, 2.45) is 5.92 Å². The average molecular weight is 205 g/mol. The molecule has 3 rings (SSSR count). The number of furan rings is 1. The summed E-state index contributed by atoms with van der Waals surface area (Å²) in [6.45, 7) is 5.67. The molecular weight excluding hydrogens is 186 g/mol. The average Bonchev–Trinajstić information content (AvgIpc) is 2.69. The second-order valence-corrected chi connectivity index (χ2v) is 5.20. The minimum absolute atomic E-state index is 0.570. The van der Waals surface area contributed by atoms with Gasteiger partial charge < -0.3 is 9.73 Å². The van der Waals surface area contributed by atoms with Crippen LogP contribution in [0, 0.1) is 5.92 Å². The third-order valence-corrected chi connectivity index (χ3v) is 4.01. The molecule has 2 heterocycles. The lowest BCUT2D eigenvalue weighted by molar-refractivity contribution is 0.413. The second kappa shape index (κ2) is 3.38. The van der Waals surface area contributed by atoms with Crippen LogP contribution in [-0.4, -0.2) is 12.6 Å². The molecule has 1 aliphatic heterocycles. The number of nitrogens with one attached hydrogen (secondary N) is 1. The topological polar surface area (TPSA) is 25.2 Å². The van der Waals surface area contributed by atoms with E-state index in [4.69, 9.17) is 4.42 Å². The zero-order valence-corrected chi connectivity index (χ0v) is 9.49. The minimum Gasteiger partial charge on any atom is -0.465 e. The molecule has 0 bridgehead atoms. The molecule has 2 nitrogen and oxygen atoms in total. The number of hydrogen-bond acceptors (Lipinski definition) is 2. The molecule has 1 saturated carbocycles. The molecule has 15 heavy (non-hydrogen) atoms. The molecule has 1 aromatic heterocycles. The first-order valence-corrected chi connectivity index (χ1v) is 6.08. The molecule has 0 radical (unpaired) electrons. The first-order chi connectivity index (χ1) is 7.25. The molecule has 4 atom stereocenters. The van der Waals surface area contributed by atoms with Gasteiger partial charge in [-0.1, -0.05) is 6.92 Å². The van der Waals surface area contributed by atoms with Gasteiger partial charge in [-0.2, -0.15) is 0 Å². The molecule has 0 aromatic carbocycles. The minimum atomic E-state index is 0.570. The lowest BCUT2D eigenvalue weighted by atomic mass is 9.99. The van der Waals surface area contributed by atoms with E-state index >= 15 is 0 Å². The monoisotopic (exact) mass is 205 g/mol. The summed E-state index contributed by atoms with van der Waals surface area (Å²) < 4.78 is 5.99. The van der Waals surface area contributed by atoms with E-state index in [2.05, 4.69) is 31.3 Å². The molecule has 1 N–H and O–H groups in total. The van der Waals surface area contributed by atoms with Gasteiger partial charge in [0.2, 0.25) is 0 Å². The Bertz CT molecular complexity index is 357. The van der Waals surface area contributed by atoms with Gasteiger partial charge in [-0.3, -0.25) is 0 Å². The maximum atomic E-state index is 5.99. The summed E-state index contributed by atoms with van der Waals surface area (Å²) >= 11 is 0. The van der Waals surface area contributed by atoms with Crippen molar-refractivity contribution in [3.05, 3.63) is 23.7 Å². The van der Waals surface area contributed by atoms with Gasteiger partial charge in [-0.05, 0) is 44.4 Å². The van der Waals surface area contributed by atoms with Crippen molar-refractivity contribution in [3.8, 4) is 0 Å². The van der Waals surface area contributed by atoms with Crippen LogP contribution in [0.2, 0.25) is 0 Å². The van der Waals surface area contributed by atoms with Crippen LogP contribution in [0.5, 0.6) is 0 Å². The van der Waals surface area contributed by atoms with Gasteiger partial charge >= 0.3 is 0 Å². The second-order valence-electron chi connectivity index (χ2n) is 5.20. The number of hydrogen-bond donors (Lipinski definition) is 1. The summed E-state index contributed by atoms with van der Waals surface area (Å²) in [6, 6.07) is 4.95. The van der Waals surface area contributed by atoms with E-state index in [1.165, 1.54) is 24.4 Å². The molecule has 82 valence electrons. The van der Waals surface area contributed by atoms with Gasteiger partial charge in [0.05, 0.1) is 0 Å². The van der Waals surface area contributed by atoms with E-state index in [-0.39, 0.29) is 0 Å². The number of rotatable bonds is 2. The molecule has 1 aromatic rings. The van der Waals surface area contributed by atoms with Gasteiger partial charge in [0, 0.05) is 17.9 Å². The van der Waals surface area contributed by atoms with Crippen molar-refractivity contribution in [2.75, 3.05) is 6.54 Å². The standard InChI is InChI=1S/C13H19NO/c1-8-7-11(8)13-4-3-12(15-13)10-5-6-14-9(10)2/h3-4,8-11,14H,5-7H2,1-2H3. The predicted molar refractivity (Wildman–Crippen MR) is 60.1 cm³/mol. The van der Waals surface area contributed by atoms with E-state index in [0.29, 0.717) is 17.9 Å². The van der Waals surface area contributed by atoms with E-state index in [0.717, 1.165) is 12.5 Å². The fourth-order valence-corrected chi connectivity index (χ4v) is 2.73. The van der Waals surface area contributed by atoms with E-state index in [1.807, 2.05) is 0 Å². The fourth-order valence-electron chi connectivity index (χ4n) is 2.73. The summed E-state index contributed by atoms with van der Waals surface area (Å²) in [5.41, 5.74) is 0. The Kier molecular flexibility index (Phi) is 2.13. The first kappa shape index (κ1) is 9.46. The van der Waals surface area contributed by atoms with Crippen molar-refractivity contribution >= 4 is 0 Å².